The lowest BCUT2D eigenvalue weighted by Gasteiger charge is -2.23. The summed E-state index contributed by atoms with van der Waals surface area (Å²) in [6.45, 7) is 0.0347. The Morgan fingerprint density at radius 1 is 0.846 bits per heavy atom. The number of methoxy groups -OCH3 is 1. The lowest BCUT2D eigenvalue weighted by molar-refractivity contribution is -0.137. The maximum atomic E-state index is 12.9. The predicted molar refractivity (Wildman–Crippen MR) is 146 cm³/mol. The highest BCUT2D eigenvalue weighted by molar-refractivity contribution is 6.35. The fourth-order valence-electron chi connectivity index (χ4n) is 3.80. The van der Waals surface area contributed by atoms with Crippen molar-refractivity contribution in [3.05, 3.63) is 128 Å². The molecule has 0 heterocycles. The van der Waals surface area contributed by atoms with Crippen LogP contribution in [0.15, 0.2) is 84.9 Å². The molecule has 0 bridgehead atoms. The quantitative estimate of drug-likeness (QED) is 0.222. The van der Waals surface area contributed by atoms with E-state index in [1.165, 1.54) is 25.3 Å². The second-order valence-corrected chi connectivity index (χ2v) is 9.74. The van der Waals surface area contributed by atoms with Gasteiger partial charge in [-0.05, 0) is 65.7 Å². The van der Waals surface area contributed by atoms with Crippen LogP contribution in [0.5, 0.6) is 11.5 Å². The van der Waals surface area contributed by atoms with Gasteiger partial charge in [-0.2, -0.15) is 13.2 Å². The molecule has 4 aromatic carbocycles. The molecule has 4 nitrogen and oxygen atoms in total. The molecule has 202 valence electrons. The zero-order valence-corrected chi connectivity index (χ0v) is 22.6. The molecule has 39 heavy (non-hydrogen) atoms. The lowest BCUT2D eigenvalue weighted by atomic mass is 10.0. The van der Waals surface area contributed by atoms with Crippen LogP contribution in [-0.2, 0) is 12.7 Å². The van der Waals surface area contributed by atoms with Crippen molar-refractivity contribution in [1.82, 2.24) is 5.32 Å². The Balaban J connectivity index is 1.59. The van der Waals surface area contributed by atoms with E-state index in [1.807, 2.05) is 0 Å². The number of hydrogen-bond donors (Lipinski definition) is 1. The molecule has 0 aliphatic heterocycles. The average Bonchev–Trinajstić information content (AvgIpc) is 2.91. The van der Waals surface area contributed by atoms with E-state index in [0.717, 1.165) is 17.7 Å². The molecule has 4 rings (SSSR count). The van der Waals surface area contributed by atoms with E-state index in [9.17, 15) is 18.0 Å². The maximum absolute atomic E-state index is 12.9. The molecular weight excluding hydrogens is 574 g/mol. The summed E-state index contributed by atoms with van der Waals surface area (Å²) in [6.07, 6.45) is -5.13. The number of benzene rings is 4. The molecule has 1 amide bonds. The smallest absolute Gasteiger partial charge is 0.416 e. The monoisotopic (exact) mass is 593 g/mol. The van der Waals surface area contributed by atoms with Crippen LogP contribution in [0.1, 0.15) is 38.7 Å². The van der Waals surface area contributed by atoms with Gasteiger partial charge in [0.25, 0.3) is 5.91 Å². The van der Waals surface area contributed by atoms with Gasteiger partial charge in [0.2, 0.25) is 0 Å². The first kappa shape index (κ1) is 28.6. The highest BCUT2D eigenvalue weighted by atomic mass is 35.5. The molecular formula is C29H21Cl3F3NO3. The van der Waals surface area contributed by atoms with Crippen molar-refractivity contribution in [2.24, 2.45) is 0 Å². The summed E-state index contributed by atoms with van der Waals surface area (Å²) in [5.41, 5.74) is 1.38. The van der Waals surface area contributed by atoms with Crippen LogP contribution in [0.2, 0.25) is 15.1 Å². The standard InChI is InChI=1S/C29H21Cl3F3NO3/c1-38-25-13-6-19(28(37)36-16-17-2-7-20(8-3-17)29(33,34)35)14-26(25)39-27(18-4-9-21(30)10-5-18)23-12-11-22(31)15-24(23)32/h2-15,27H,16H2,1H3,(H,36,37). The Kier molecular flexibility index (Phi) is 8.95. The number of rotatable bonds is 8. The molecule has 0 aliphatic carbocycles. The molecule has 1 atom stereocenters. The van der Waals surface area contributed by atoms with Crippen molar-refractivity contribution < 1.29 is 27.4 Å². The van der Waals surface area contributed by atoms with E-state index in [1.54, 1.807) is 54.6 Å². The fraction of sp³-hybridized carbons (Fsp3) is 0.138. The fourth-order valence-corrected chi connectivity index (χ4v) is 4.43. The zero-order chi connectivity index (χ0) is 28.2. The Bertz CT molecular complexity index is 1460. The Labute approximate surface area is 238 Å². The molecule has 10 heteroatoms. The number of alkyl halides is 3. The van der Waals surface area contributed by atoms with Crippen LogP contribution in [0.4, 0.5) is 13.2 Å². The minimum absolute atomic E-state index is 0.0347. The third-order valence-corrected chi connectivity index (χ3v) is 6.64. The molecule has 0 aromatic heterocycles. The number of amides is 1. The van der Waals surface area contributed by atoms with Gasteiger partial charge >= 0.3 is 6.18 Å². The summed E-state index contributed by atoms with van der Waals surface area (Å²) in [5, 5.41) is 4.10. The summed E-state index contributed by atoms with van der Waals surface area (Å²) in [5.74, 6) is 0.193. The van der Waals surface area contributed by atoms with Gasteiger partial charge in [-0.25, -0.2) is 0 Å². The Hall–Kier alpha value is -3.39. The first-order valence-electron chi connectivity index (χ1n) is 11.5. The van der Waals surface area contributed by atoms with E-state index < -0.39 is 23.8 Å². The summed E-state index contributed by atoms with van der Waals surface area (Å²) in [6, 6.07) is 21.3. The highest BCUT2D eigenvalue weighted by Crippen LogP contribution is 2.38. The summed E-state index contributed by atoms with van der Waals surface area (Å²) < 4.78 is 50.3. The van der Waals surface area contributed by atoms with Crippen LogP contribution in [0.3, 0.4) is 0 Å². The van der Waals surface area contributed by atoms with E-state index in [2.05, 4.69) is 5.32 Å². The predicted octanol–water partition coefficient (Wildman–Crippen LogP) is 8.77. The first-order chi connectivity index (χ1) is 18.5. The summed E-state index contributed by atoms with van der Waals surface area (Å²) in [7, 11) is 1.47. The first-order valence-corrected chi connectivity index (χ1v) is 12.7. The van der Waals surface area contributed by atoms with Gasteiger partial charge in [0, 0.05) is 32.7 Å². The molecule has 0 radical (unpaired) electrons. The van der Waals surface area contributed by atoms with Gasteiger partial charge in [-0.15, -0.1) is 0 Å². The number of hydrogen-bond acceptors (Lipinski definition) is 3. The Morgan fingerprint density at radius 2 is 1.51 bits per heavy atom. The molecule has 4 aromatic rings. The van der Waals surface area contributed by atoms with Crippen molar-refractivity contribution >= 4 is 40.7 Å². The molecule has 0 saturated heterocycles. The number of halogens is 6. The second kappa shape index (κ2) is 12.2. The van der Waals surface area contributed by atoms with Crippen molar-refractivity contribution in [2.75, 3.05) is 7.11 Å². The van der Waals surface area contributed by atoms with E-state index in [4.69, 9.17) is 44.3 Å². The minimum Gasteiger partial charge on any atom is -0.493 e. The van der Waals surface area contributed by atoms with Gasteiger partial charge < -0.3 is 14.8 Å². The topological polar surface area (TPSA) is 47.6 Å². The van der Waals surface area contributed by atoms with Crippen LogP contribution >= 0.6 is 34.8 Å². The van der Waals surface area contributed by atoms with Crippen LogP contribution < -0.4 is 14.8 Å². The summed E-state index contributed by atoms with van der Waals surface area (Å²) in [4.78, 5) is 12.9. The zero-order valence-electron chi connectivity index (χ0n) is 20.4. The van der Waals surface area contributed by atoms with E-state index in [-0.39, 0.29) is 17.9 Å². The lowest BCUT2D eigenvalue weighted by Crippen LogP contribution is -2.23. The Morgan fingerprint density at radius 3 is 2.13 bits per heavy atom. The van der Waals surface area contributed by atoms with Crippen molar-refractivity contribution in [1.29, 1.82) is 0 Å². The SMILES string of the molecule is COc1ccc(C(=O)NCc2ccc(C(F)(F)F)cc2)cc1OC(c1ccc(Cl)cc1)c1ccc(Cl)cc1Cl. The number of carbonyl (C=O) groups is 1. The van der Waals surface area contributed by atoms with Gasteiger partial charge in [-0.1, -0.05) is 65.1 Å². The molecule has 1 unspecified atom stereocenters. The van der Waals surface area contributed by atoms with E-state index >= 15 is 0 Å². The number of ether oxygens (including phenoxy) is 2. The highest BCUT2D eigenvalue weighted by Gasteiger charge is 2.30. The average molecular weight is 595 g/mol. The third kappa shape index (κ3) is 7.18. The van der Waals surface area contributed by atoms with Crippen molar-refractivity contribution in [2.45, 2.75) is 18.8 Å². The second-order valence-electron chi connectivity index (χ2n) is 8.46. The van der Waals surface area contributed by atoms with E-state index in [0.29, 0.717) is 31.9 Å². The third-order valence-electron chi connectivity index (χ3n) is 5.82. The van der Waals surface area contributed by atoms with Crippen LogP contribution in [-0.4, -0.2) is 13.0 Å². The molecule has 0 aliphatic rings. The van der Waals surface area contributed by atoms with Crippen molar-refractivity contribution in [3.8, 4) is 11.5 Å². The van der Waals surface area contributed by atoms with Gasteiger partial charge in [0.1, 0.15) is 0 Å². The van der Waals surface area contributed by atoms with Crippen LogP contribution in [0.25, 0.3) is 0 Å². The molecule has 1 N–H and O–H groups in total. The number of nitrogens with one attached hydrogen (secondary N) is 1. The number of carbonyl (C=O) groups excluding carboxylic acids is 1. The largest absolute Gasteiger partial charge is 0.493 e. The van der Waals surface area contributed by atoms with Crippen molar-refractivity contribution in [3.63, 3.8) is 0 Å². The van der Waals surface area contributed by atoms with Gasteiger partial charge in [0.15, 0.2) is 17.6 Å². The van der Waals surface area contributed by atoms with Crippen LogP contribution in [0, 0.1) is 0 Å². The molecule has 0 spiro atoms. The molecule has 0 saturated carbocycles. The minimum atomic E-state index is -4.43. The normalized spacial score (nSPS) is 12.1. The molecule has 0 fully saturated rings. The van der Waals surface area contributed by atoms with Gasteiger partial charge in [-0.3, -0.25) is 4.79 Å². The summed E-state index contributed by atoms with van der Waals surface area (Å²) >= 11 is 18.7. The maximum Gasteiger partial charge on any atom is 0.416 e. The van der Waals surface area contributed by atoms with Gasteiger partial charge in [0.05, 0.1) is 12.7 Å².